The third-order valence-corrected chi connectivity index (χ3v) is 5.55. The van der Waals surface area contributed by atoms with Gasteiger partial charge in [-0.3, -0.25) is 0 Å². The second-order valence-corrected chi connectivity index (χ2v) is 9.97. The first-order valence-electron chi connectivity index (χ1n) is 9.35. The van der Waals surface area contributed by atoms with Crippen LogP contribution in [0.2, 0.25) is 0 Å². The van der Waals surface area contributed by atoms with Crippen LogP contribution < -0.4 is 5.73 Å². The van der Waals surface area contributed by atoms with Gasteiger partial charge in [0.05, 0.1) is 19.3 Å². The van der Waals surface area contributed by atoms with Crippen molar-refractivity contribution in [3.8, 4) is 0 Å². The van der Waals surface area contributed by atoms with Gasteiger partial charge in [0.2, 0.25) is 0 Å². The molecule has 25 heavy (non-hydrogen) atoms. The minimum absolute atomic E-state index is 0.00442. The molecular weight excluding hydrogens is 433 g/mol. The first-order valence-corrected chi connectivity index (χ1v) is 10.2. The molecule has 1 saturated heterocycles. The van der Waals surface area contributed by atoms with E-state index in [1.807, 2.05) is 29.9 Å². The highest BCUT2D eigenvalue weighted by Gasteiger charge is 2.44. The van der Waals surface area contributed by atoms with E-state index in [2.05, 4.69) is 41.5 Å². The Balaban J connectivity index is 2.91. The van der Waals surface area contributed by atoms with Crippen LogP contribution in [0.3, 0.4) is 0 Å². The van der Waals surface area contributed by atoms with Crippen LogP contribution in [0.4, 0.5) is 0 Å². The maximum atomic E-state index is 9.96. The lowest BCUT2D eigenvalue weighted by Crippen LogP contribution is -2.48. The van der Waals surface area contributed by atoms with Gasteiger partial charge in [0, 0.05) is 6.04 Å². The number of aliphatic hydroxyl groups is 1. The van der Waals surface area contributed by atoms with Crippen LogP contribution in [0, 0.1) is 16.7 Å². The SMILES string of the molecule is CC(C)CC(C)(C)C(OCC1OCC(O)C1OI)C(C)(C)CC(C)N. The zero-order chi connectivity index (χ0) is 19.4. The van der Waals surface area contributed by atoms with Crippen molar-refractivity contribution in [2.24, 2.45) is 22.5 Å². The molecule has 0 spiro atoms. The minimum atomic E-state index is -0.593. The molecule has 0 aliphatic carbocycles. The predicted molar refractivity (Wildman–Crippen MR) is 110 cm³/mol. The Morgan fingerprint density at radius 2 is 1.72 bits per heavy atom. The Labute approximate surface area is 168 Å². The summed E-state index contributed by atoms with van der Waals surface area (Å²) in [6, 6.07) is 0.117. The van der Waals surface area contributed by atoms with Crippen molar-refractivity contribution in [2.45, 2.75) is 91.8 Å². The number of aliphatic hydroxyl groups excluding tert-OH is 1. The molecule has 6 heteroatoms. The smallest absolute Gasteiger partial charge is 0.126 e. The third-order valence-electron chi connectivity index (χ3n) is 4.96. The highest BCUT2D eigenvalue weighted by molar-refractivity contribution is 14.1. The van der Waals surface area contributed by atoms with Crippen LogP contribution in [0.5, 0.6) is 0 Å². The van der Waals surface area contributed by atoms with E-state index >= 15 is 0 Å². The van der Waals surface area contributed by atoms with Crippen LogP contribution in [0.15, 0.2) is 0 Å². The lowest BCUT2D eigenvalue weighted by atomic mass is 9.66. The zero-order valence-corrected chi connectivity index (χ0v) is 19.1. The van der Waals surface area contributed by atoms with E-state index in [9.17, 15) is 5.11 Å². The van der Waals surface area contributed by atoms with Crippen molar-refractivity contribution in [3.63, 3.8) is 0 Å². The Morgan fingerprint density at radius 3 is 2.20 bits per heavy atom. The Morgan fingerprint density at radius 1 is 1.16 bits per heavy atom. The molecule has 1 fully saturated rings. The largest absolute Gasteiger partial charge is 0.388 e. The summed E-state index contributed by atoms with van der Waals surface area (Å²) in [5.74, 6) is 0.585. The number of ether oxygens (including phenoxy) is 2. The summed E-state index contributed by atoms with van der Waals surface area (Å²) in [7, 11) is 0. The number of rotatable bonds is 10. The number of nitrogens with two attached hydrogens (primary N) is 1. The van der Waals surface area contributed by atoms with Gasteiger partial charge in [-0.1, -0.05) is 41.5 Å². The molecule has 5 nitrogen and oxygen atoms in total. The maximum Gasteiger partial charge on any atom is 0.126 e. The van der Waals surface area contributed by atoms with Gasteiger partial charge >= 0.3 is 0 Å². The fourth-order valence-electron chi connectivity index (χ4n) is 4.72. The van der Waals surface area contributed by atoms with Gasteiger partial charge in [0.15, 0.2) is 0 Å². The van der Waals surface area contributed by atoms with Crippen molar-refractivity contribution in [3.05, 3.63) is 0 Å². The molecule has 5 atom stereocenters. The molecule has 0 bridgehead atoms. The number of hydrogen-bond donors (Lipinski definition) is 2. The molecule has 1 aliphatic rings. The van der Waals surface area contributed by atoms with Gasteiger partial charge in [0.1, 0.15) is 41.3 Å². The van der Waals surface area contributed by atoms with E-state index < -0.39 is 6.10 Å². The summed E-state index contributed by atoms with van der Waals surface area (Å²) in [6.45, 7) is 16.3. The number of hydrogen-bond acceptors (Lipinski definition) is 5. The van der Waals surface area contributed by atoms with Crippen molar-refractivity contribution in [2.75, 3.05) is 13.2 Å². The lowest BCUT2D eigenvalue weighted by molar-refractivity contribution is -0.132. The second-order valence-electron chi connectivity index (χ2n) is 9.46. The maximum absolute atomic E-state index is 9.96. The minimum Gasteiger partial charge on any atom is -0.388 e. The molecule has 150 valence electrons. The molecule has 1 heterocycles. The van der Waals surface area contributed by atoms with E-state index in [1.54, 1.807) is 0 Å². The van der Waals surface area contributed by atoms with Gasteiger partial charge in [-0.2, -0.15) is 0 Å². The second kappa shape index (κ2) is 9.64. The molecule has 0 aromatic carbocycles. The van der Waals surface area contributed by atoms with E-state index in [0.29, 0.717) is 19.1 Å². The highest BCUT2D eigenvalue weighted by Crippen LogP contribution is 2.43. The summed E-state index contributed by atoms with van der Waals surface area (Å²) in [5, 5.41) is 9.96. The topological polar surface area (TPSA) is 73.9 Å². The number of halogens is 1. The van der Waals surface area contributed by atoms with E-state index in [1.165, 1.54) is 0 Å². The first-order chi connectivity index (χ1) is 11.4. The van der Waals surface area contributed by atoms with Gasteiger partial charge in [-0.05, 0) is 36.5 Å². The van der Waals surface area contributed by atoms with Crippen molar-refractivity contribution in [1.82, 2.24) is 0 Å². The zero-order valence-electron chi connectivity index (χ0n) is 16.9. The highest BCUT2D eigenvalue weighted by atomic mass is 127. The van der Waals surface area contributed by atoms with E-state index in [4.69, 9.17) is 18.3 Å². The molecule has 1 aliphatic heterocycles. The van der Waals surface area contributed by atoms with Gasteiger partial charge in [-0.25, -0.2) is 0 Å². The molecule has 0 aromatic rings. The van der Waals surface area contributed by atoms with Crippen LogP contribution in [0.25, 0.3) is 0 Å². The summed E-state index contributed by atoms with van der Waals surface area (Å²) >= 11 is 1.83. The Hall–Kier alpha value is 0.530. The third kappa shape index (κ3) is 6.88. The first kappa shape index (κ1) is 23.6. The molecule has 0 amide bonds. The lowest BCUT2D eigenvalue weighted by Gasteiger charge is -2.46. The standard InChI is InChI=1S/C19H38INO4/c1-12(2)8-18(4,5)17(19(6,7)9-13(3)21)24-11-15-16(25-20)14(22)10-23-15/h12-17,22H,8-11,21H2,1-7H3. The van der Waals surface area contributed by atoms with Gasteiger partial charge < -0.3 is 23.4 Å². The van der Waals surface area contributed by atoms with Crippen LogP contribution >= 0.6 is 23.0 Å². The quantitative estimate of drug-likeness (QED) is 0.476. The van der Waals surface area contributed by atoms with Crippen molar-refractivity contribution >= 4 is 23.0 Å². The normalized spacial score (nSPS) is 27.7. The van der Waals surface area contributed by atoms with Gasteiger partial charge in [0.25, 0.3) is 0 Å². The predicted octanol–water partition coefficient (Wildman–Crippen LogP) is 3.70. The molecule has 3 N–H and O–H groups in total. The Bertz CT molecular complexity index is 379. The molecule has 1 rings (SSSR count). The van der Waals surface area contributed by atoms with Crippen molar-refractivity contribution < 1.29 is 17.6 Å². The van der Waals surface area contributed by atoms with Crippen molar-refractivity contribution in [1.29, 1.82) is 0 Å². The fraction of sp³-hybridized carbons (Fsp3) is 1.00. The molecule has 0 saturated carbocycles. The average Bonchev–Trinajstić information content (AvgIpc) is 2.75. The average molecular weight is 471 g/mol. The Kier molecular flexibility index (Phi) is 9.09. The molecule has 0 aromatic heterocycles. The fourth-order valence-corrected chi connectivity index (χ4v) is 5.38. The van der Waals surface area contributed by atoms with Crippen LogP contribution in [-0.2, 0) is 12.5 Å². The summed E-state index contributed by atoms with van der Waals surface area (Å²) in [6.07, 6.45) is 0.815. The van der Waals surface area contributed by atoms with Crippen LogP contribution in [0.1, 0.15) is 61.3 Å². The monoisotopic (exact) mass is 471 g/mol. The molecule has 5 unspecified atom stereocenters. The van der Waals surface area contributed by atoms with E-state index in [-0.39, 0.29) is 35.2 Å². The van der Waals surface area contributed by atoms with Gasteiger partial charge in [-0.15, -0.1) is 0 Å². The molecular formula is C19H38INO4. The van der Waals surface area contributed by atoms with E-state index in [0.717, 1.165) is 12.8 Å². The summed E-state index contributed by atoms with van der Waals surface area (Å²) in [5.41, 5.74) is 6.05. The van der Waals surface area contributed by atoms with Crippen LogP contribution in [-0.4, -0.2) is 48.8 Å². The summed E-state index contributed by atoms with van der Waals surface area (Å²) in [4.78, 5) is 0. The summed E-state index contributed by atoms with van der Waals surface area (Å²) < 4.78 is 17.5. The molecule has 0 radical (unpaired) electrons.